The number of benzene rings is 2. The van der Waals surface area contributed by atoms with Crippen molar-refractivity contribution >= 4 is 6.09 Å². The number of carboxylic acid groups (broad SMARTS) is 1. The van der Waals surface area contributed by atoms with Crippen LogP contribution in [0.25, 0.3) is 11.1 Å². The maximum absolute atomic E-state index is 13.5. The summed E-state index contributed by atoms with van der Waals surface area (Å²) in [5, 5.41) is 19.1. The normalized spacial score (nSPS) is 13.9. The Morgan fingerprint density at radius 2 is 2.00 bits per heavy atom. The van der Waals surface area contributed by atoms with Gasteiger partial charge in [-0.15, -0.1) is 0 Å². The molecule has 5 heteroatoms. The number of aromatic hydroxyl groups is 1. The fraction of sp³-hybridized carbons (Fsp3) is 0.188. The molecule has 1 aliphatic rings. The summed E-state index contributed by atoms with van der Waals surface area (Å²) >= 11 is 0. The second-order valence-corrected chi connectivity index (χ2v) is 5.06. The van der Waals surface area contributed by atoms with Crippen molar-refractivity contribution in [2.45, 2.75) is 13.0 Å². The van der Waals surface area contributed by atoms with E-state index in [9.17, 15) is 14.3 Å². The maximum Gasteiger partial charge on any atom is 0.407 e. The van der Waals surface area contributed by atoms with Gasteiger partial charge in [0.25, 0.3) is 0 Å². The molecule has 0 radical (unpaired) electrons. The molecule has 2 aromatic carbocycles. The number of fused-ring (bicyclic) bond motifs is 1. The maximum atomic E-state index is 13.5. The number of amides is 1. The van der Waals surface area contributed by atoms with Gasteiger partial charge in [-0.1, -0.05) is 18.2 Å². The topological polar surface area (TPSA) is 60.8 Å². The molecule has 0 fully saturated rings. The lowest BCUT2D eigenvalue weighted by Crippen LogP contribution is -2.35. The molecule has 21 heavy (non-hydrogen) atoms. The number of rotatable bonds is 1. The first-order valence-electron chi connectivity index (χ1n) is 6.64. The average molecular weight is 287 g/mol. The minimum absolute atomic E-state index is 0.0164. The van der Waals surface area contributed by atoms with Crippen LogP contribution in [0.4, 0.5) is 9.18 Å². The molecule has 1 heterocycles. The van der Waals surface area contributed by atoms with Crippen LogP contribution in [0.5, 0.6) is 5.75 Å². The van der Waals surface area contributed by atoms with E-state index in [4.69, 9.17) is 5.11 Å². The van der Waals surface area contributed by atoms with E-state index in [-0.39, 0.29) is 12.3 Å². The van der Waals surface area contributed by atoms with Gasteiger partial charge in [0.05, 0.1) is 0 Å². The largest absolute Gasteiger partial charge is 0.507 e. The lowest BCUT2D eigenvalue weighted by Gasteiger charge is -2.28. The zero-order valence-electron chi connectivity index (χ0n) is 11.2. The van der Waals surface area contributed by atoms with Gasteiger partial charge >= 0.3 is 6.09 Å². The second-order valence-electron chi connectivity index (χ2n) is 5.06. The third-order valence-electron chi connectivity index (χ3n) is 3.79. The lowest BCUT2D eigenvalue weighted by molar-refractivity contribution is 0.140. The number of carbonyl (C=O) groups is 1. The third kappa shape index (κ3) is 2.42. The summed E-state index contributed by atoms with van der Waals surface area (Å²) in [5.74, 6) is -0.455. The quantitative estimate of drug-likeness (QED) is 0.846. The number of phenolic OH excluding ortho intramolecular Hbond substituents is 1. The van der Waals surface area contributed by atoms with Crippen molar-refractivity contribution in [1.82, 2.24) is 4.90 Å². The first kappa shape index (κ1) is 13.4. The standard InChI is InChI=1S/C16H14FNO3/c17-11-4-5-15(19)13(8-11)12-3-1-2-10-6-7-18(16(20)21)9-14(10)12/h1-5,8,19H,6-7,9H2,(H,20,21). The molecule has 0 unspecified atom stereocenters. The van der Waals surface area contributed by atoms with Crippen LogP contribution in [0, 0.1) is 5.82 Å². The van der Waals surface area contributed by atoms with Gasteiger partial charge in [-0.05, 0) is 41.3 Å². The Labute approximate surface area is 121 Å². The van der Waals surface area contributed by atoms with Gasteiger partial charge in [0.1, 0.15) is 11.6 Å². The van der Waals surface area contributed by atoms with Gasteiger partial charge in [0.15, 0.2) is 0 Å². The SMILES string of the molecule is O=C(O)N1CCc2cccc(-c3cc(F)ccc3O)c2C1. The molecule has 0 saturated heterocycles. The highest BCUT2D eigenvalue weighted by Crippen LogP contribution is 2.35. The monoisotopic (exact) mass is 287 g/mol. The van der Waals surface area contributed by atoms with Crippen molar-refractivity contribution in [2.24, 2.45) is 0 Å². The molecule has 0 aromatic heterocycles. The van der Waals surface area contributed by atoms with Crippen LogP contribution >= 0.6 is 0 Å². The molecule has 108 valence electrons. The van der Waals surface area contributed by atoms with Gasteiger partial charge in [0.2, 0.25) is 0 Å². The van der Waals surface area contributed by atoms with Crippen molar-refractivity contribution in [2.75, 3.05) is 6.54 Å². The molecular formula is C16H14FNO3. The van der Waals surface area contributed by atoms with E-state index in [1.165, 1.54) is 23.1 Å². The average Bonchev–Trinajstić information content (AvgIpc) is 2.48. The zero-order chi connectivity index (χ0) is 15.0. The minimum Gasteiger partial charge on any atom is -0.507 e. The third-order valence-corrected chi connectivity index (χ3v) is 3.79. The summed E-state index contributed by atoms with van der Waals surface area (Å²) in [7, 11) is 0. The number of hydrogen-bond acceptors (Lipinski definition) is 2. The molecule has 2 aromatic rings. The van der Waals surface area contributed by atoms with Gasteiger partial charge in [-0.25, -0.2) is 9.18 Å². The van der Waals surface area contributed by atoms with Crippen LogP contribution in [0.15, 0.2) is 36.4 Å². The number of nitrogens with zero attached hydrogens (tertiary/aromatic N) is 1. The van der Waals surface area contributed by atoms with Crippen LogP contribution in [0.2, 0.25) is 0 Å². The van der Waals surface area contributed by atoms with E-state index in [0.717, 1.165) is 11.1 Å². The summed E-state index contributed by atoms with van der Waals surface area (Å²) in [6, 6.07) is 9.33. The Hall–Kier alpha value is -2.56. The Morgan fingerprint density at radius 3 is 2.76 bits per heavy atom. The summed E-state index contributed by atoms with van der Waals surface area (Å²) in [4.78, 5) is 12.5. The number of hydrogen-bond donors (Lipinski definition) is 2. The van der Waals surface area contributed by atoms with E-state index in [2.05, 4.69) is 0 Å². The molecule has 0 aliphatic carbocycles. The van der Waals surface area contributed by atoms with Crippen molar-refractivity contribution in [3.05, 3.63) is 53.3 Å². The van der Waals surface area contributed by atoms with Crippen LogP contribution in [0.1, 0.15) is 11.1 Å². The molecule has 1 aliphatic heterocycles. The molecule has 1 amide bonds. The zero-order valence-corrected chi connectivity index (χ0v) is 11.2. The molecule has 0 bridgehead atoms. The van der Waals surface area contributed by atoms with Gasteiger partial charge in [0, 0.05) is 18.7 Å². The van der Waals surface area contributed by atoms with Gasteiger partial charge < -0.3 is 15.1 Å². The molecule has 4 nitrogen and oxygen atoms in total. The van der Waals surface area contributed by atoms with Crippen molar-refractivity contribution in [1.29, 1.82) is 0 Å². The molecule has 0 spiro atoms. The van der Waals surface area contributed by atoms with E-state index >= 15 is 0 Å². The molecule has 0 saturated carbocycles. The number of phenols is 1. The fourth-order valence-electron chi connectivity index (χ4n) is 2.72. The summed E-state index contributed by atoms with van der Waals surface area (Å²) < 4.78 is 13.5. The smallest absolute Gasteiger partial charge is 0.407 e. The molecular weight excluding hydrogens is 273 g/mol. The highest BCUT2D eigenvalue weighted by atomic mass is 19.1. The van der Waals surface area contributed by atoms with E-state index in [1.807, 2.05) is 12.1 Å². The summed E-state index contributed by atoms with van der Waals surface area (Å²) in [6.07, 6.45) is -0.357. The highest BCUT2D eigenvalue weighted by Gasteiger charge is 2.23. The van der Waals surface area contributed by atoms with Gasteiger partial charge in [-0.2, -0.15) is 0 Å². The van der Waals surface area contributed by atoms with Gasteiger partial charge in [-0.3, -0.25) is 0 Å². The predicted molar refractivity (Wildman–Crippen MR) is 75.6 cm³/mol. The first-order valence-corrected chi connectivity index (χ1v) is 6.64. The Bertz CT molecular complexity index is 715. The predicted octanol–water partition coefficient (Wildman–Crippen LogP) is 3.23. The van der Waals surface area contributed by atoms with Crippen LogP contribution < -0.4 is 0 Å². The Morgan fingerprint density at radius 1 is 1.19 bits per heavy atom. The Balaban J connectivity index is 2.13. The second kappa shape index (κ2) is 5.09. The van der Waals surface area contributed by atoms with Crippen LogP contribution in [-0.4, -0.2) is 27.8 Å². The van der Waals surface area contributed by atoms with E-state index in [1.54, 1.807) is 6.07 Å². The molecule has 2 N–H and O–H groups in total. The minimum atomic E-state index is -0.973. The highest BCUT2D eigenvalue weighted by molar-refractivity contribution is 5.75. The fourth-order valence-corrected chi connectivity index (χ4v) is 2.72. The Kier molecular flexibility index (Phi) is 3.25. The first-order chi connectivity index (χ1) is 10.1. The molecule has 3 rings (SSSR count). The van der Waals surface area contributed by atoms with Crippen molar-refractivity contribution in [3.63, 3.8) is 0 Å². The van der Waals surface area contributed by atoms with E-state index in [0.29, 0.717) is 24.1 Å². The van der Waals surface area contributed by atoms with Crippen molar-refractivity contribution in [3.8, 4) is 16.9 Å². The summed E-state index contributed by atoms with van der Waals surface area (Å²) in [5.41, 5.74) is 2.93. The lowest BCUT2D eigenvalue weighted by atomic mass is 9.91. The van der Waals surface area contributed by atoms with Crippen LogP contribution in [-0.2, 0) is 13.0 Å². The van der Waals surface area contributed by atoms with Crippen LogP contribution in [0.3, 0.4) is 0 Å². The van der Waals surface area contributed by atoms with Crippen molar-refractivity contribution < 1.29 is 19.4 Å². The summed E-state index contributed by atoms with van der Waals surface area (Å²) in [6.45, 7) is 0.692. The van der Waals surface area contributed by atoms with E-state index < -0.39 is 11.9 Å². The number of halogens is 1. The molecule has 0 atom stereocenters.